The summed E-state index contributed by atoms with van der Waals surface area (Å²) in [5.74, 6) is -3.60. The Hall–Kier alpha value is -6.10. The average molecular weight is 859 g/mol. The molecule has 0 radical (unpaired) electrons. The molecule has 0 bridgehead atoms. The van der Waals surface area contributed by atoms with Crippen LogP contribution in [0.5, 0.6) is 40.2 Å². The summed E-state index contributed by atoms with van der Waals surface area (Å²) in [5, 5.41) is 53.0. The number of carbonyl (C=O) groups excluding carboxylic acids is 2. The third kappa shape index (κ3) is 10.8. The standard InChI is InChI=1S/C37H36FN4O13PS2/c1-21-26-17-32(53-12-2-10-40-35(47)22-5-8-28(43)30(45)14-22)33(54-13-3-11-41-36(48)23-6-9-29(44)31(46)15-23)18-34(26)57-37(21)58(51,52)42-20-56(49,50)55-25-7-4-24(19-39)27(38)16-25/h4-9,14-18,42-46H,2-3,10-13,20H2,1H3,(H,40,47)(H,41,48)(H,49,50). The molecule has 58 heavy (non-hydrogen) atoms. The number of fused-ring (bicyclic) bond motifs is 1. The van der Waals surface area contributed by atoms with Gasteiger partial charge >= 0.3 is 7.60 Å². The first-order valence-electron chi connectivity index (χ1n) is 17.1. The van der Waals surface area contributed by atoms with Crippen LogP contribution in [-0.4, -0.2) is 78.1 Å². The molecule has 2 amide bonds. The number of halogens is 1. The zero-order chi connectivity index (χ0) is 42.2. The molecular weight excluding hydrogens is 823 g/mol. The van der Waals surface area contributed by atoms with Gasteiger partial charge in [0.25, 0.3) is 21.8 Å². The maximum Gasteiger partial charge on any atom is 0.391 e. The largest absolute Gasteiger partial charge is 0.504 e. The predicted octanol–water partition coefficient (Wildman–Crippen LogP) is 4.94. The number of carbonyl (C=O) groups is 2. The molecule has 4 aromatic carbocycles. The molecule has 0 aliphatic carbocycles. The van der Waals surface area contributed by atoms with Crippen LogP contribution in [0.3, 0.4) is 0 Å². The van der Waals surface area contributed by atoms with E-state index < -0.39 is 53.0 Å². The van der Waals surface area contributed by atoms with Gasteiger partial charge in [-0.3, -0.25) is 9.59 Å². The minimum Gasteiger partial charge on any atom is -0.504 e. The predicted molar refractivity (Wildman–Crippen MR) is 208 cm³/mol. The number of hydrogen-bond donors (Lipinski definition) is 8. The van der Waals surface area contributed by atoms with Crippen molar-refractivity contribution in [1.29, 1.82) is 5.26 Å². The summed E-state index contributed by atoms with van der Waals surface area (Å²) in [6, 6.07) is 14.9. The topological polar surface area (TPSA) is 274 Å². The lowest BCUT2D eigenvalue weighted by Gasteiger charge is -2.14. The number of aromatic hydroxyl groups is 4. The number of nitrogens with one attached hydrogen (secondary N) is 3. The summed E-state index contributed by atoms with van der Waals surface area (Å²) in [6.45, 7) is 1.96. The second-order valence-corrected chi connectivity index (χ2v) is 17.2. The third-order valence-electron chi connectivity index (χ3n) is 8.17. The first-order chi connectivity index (χ1) is 27.5. The van der Waals surface area contributed by atoms with Crippen LogP contribution in [0, 0.1) is 24.1 Å². The van der Waals surface area contributed by atoms with Crippen molar-refractivity contribution >= 4 is 50.9 Å². The van der Waals surface area contributed by atoms with E-state index in [0.29, 0.717) is 22.9 Å². The van der Waals surface area contributed by atoms with E-state index in [9.17, 15) is 52.3 Å². The van der Waals surface area contributed by atoms with Crippen molar-refractivity contribution in [2.24, 2.45) is 0 Å². The molecular formula is C37H36FN4O13PS2. The number of nitriles is 1. The highest BCUT2D eigenvalue weighted by Crippen LogP contribution is 2.44. The highest BCUT2D eigenvalue weighted by molar-refractivity contribution is 7.92. The highest BCUT2D eigenvalue weighted by Gasteiger charge is 2.29. The smallest absolute Gasteiger partial charge is 0.391 e. The monoisotopic (exact) mass is 858 g/mol. The van der Waals surface area contributed by atoms with Gasteiger partial charge in [-0.1, -0.05) is 0 Å². The summed E-state index contributed by atoms with van der Waals surface area (Å²) >= 11 is 0.842. The van der Waals surface area contributed by atoms with Crippen molar-refractivity contribution in [3.8, 4) is 46.3 Å². The molecule has 17 nitrogen and oxygen atoms in total. The van der Waals surface area contributed by atoms with Crippen molar-refractivity contribution in [3.05, 3.63) is 94.8 Å². The number of thiophene rings is 1. The van der Waals surface area contributed by atoms with Gasteiger partial charge in [0.05, 0.1) is 18.8 Å². The van der Waals surface area contributed by atoms with Crippen molar-refractivity contribution in [3.63, 3.8) is 0 Å². The number of rotatable bonds is 18. The Morgan fingerprint density at radius 3 is 1.90 bits per heavy atom. The normalized spacial score (nSPS) is 12.3. The van der Waals surface area contributed by atoms with Gasteiger partial charge in [-0.15, -0.1) is 11.3 Å². The van der Waals surface area contributed by atoms with Crippen molar-refractivity contribution in [2.75, 3.05) is 32.6 Å². The second-order valence-electron chi connectivity index (χ2n) is 12.4. The fraction of sp³-hybridized carbons (Fsp3) is 0.216. The fourth-order valence-electron chi connectivity index (χ4n) is 5.21. The first-order valence-corrected chi connectivity index (χ1v) is 21.2. The van der Waals surface area contributed by atoms with E-state index in [0.717, 1.165) is 41.7 Å². The second kappa shape index (κ2) is 18.4. The number of phenolic OH excluding ortho intramolecular Hbond substituents is 4. The lowest BCUT2D eigenvalue weighted by Crippen LogP contribution is -2.25. The number of aryl methyl sites for hydroxylation is 1. The van der Waals surface area contributed by atoms with Gasteiger partial charge in [0.1, 0.15) is 28.1 Å². The molecule has 21 heteroatoms. The molecule has 1 unspecified atom stereocenters. The average Bonchev–Trinajstić information content (AvgIpc) is 3.51. The van der Waals surface area contributed by atoms with E-state index in [2.05, 4.69) is 15.4 Å². The Labute approximate surface area is 334 Å². The lowest BCUT2D eigenvalue weighted by atomic mass is 10.2. The van der Waals surface area contributed by atoms with Crippen molar-refractivity contribution < 1.29 is 66.3 Å². The summed E-state index contributed by atoms with van der Waals surface area (Å²) < 4.78 is 72.9. The molecule has 1 heterocycles. The number of hydrogen-bond acceptors (Lipinski definition) is 14. The van der Waals surface area contributed by atoms with E-state index in [-0.39, 0.29) is 81.5 Å². The number of sulfonamides is 1. The molecule has 1 atom stereocenters. The van der Waals surface area contributed by atoms with E-state index in [1.807, 2.05) is 0 Å². The quantitative estimate of drug-likeness (QED) is 0.0330. The van der Waals surface area contributed by atoms with Gasteiger partial charge in [0.15, 0.2) is 34.5 Å². The fourth-order valence-corrected chi connectivity index (χ4v) is 9.53. The first kappa shape index (κ1) is 43.0. The van der Waals surface area contributed by atoms with E-state index in [1.165, 1.54) is 31.2 Å². The Morgan fingerprint density at radius 1 is 0.828 bits per heavy atom. The van der Waals surface area contributed by atoms with Gasteiger partial charge in [-0.2, -0.15) is 9.98 Å². The molecule has 1 aromatic heterocycles. The van der Waals surface area contributed by atoms with E-state index in [1.54, 1.807) is 18.2 Å². The van der Waals surface area contributed by atoms with Gasteiger partial charge < -0.3 is 50.0 Å². The van der Waals surface area contributed by atoms with E-state index >= 15 is 0 Å². The zero-order valence-electron chi connectivity index (χ0n) is 30.4. The van der Waals surface area contributed by atoms with Crippen LogP contribution >= 0.6 is 18.9 Å². The third-order valence-corrected chi connectivity index (χ3v) is 12.7. The van der Waals surface area contributed by atoms with Gasteiger partial charge in [0, 0.05) is 46.4 Å². The van der Waals surface area contributed by atoms with Crippen LogP contribution in [0.2, 0.25) is 0 Å². The van der Waals surface area contributed by atoms with Crippen LogP contribution in [0.25, 0.3) is 10.1 Å². The molecule has 0 aliphatic rings. The maximum atomic E-state index is 14.0. The number of phenols is 4. The Morgan fingerprint density at radius 2 is 1.38 bits per heavy atom. The SMILES string of the molecule is Cc1c(S(=O)(=O)NCP(=O)(O)Oc2ccc(C#N)c(F)c2)sc2cc(OCCCNC(=O)c3ccc(O)c(O)c3)c(OCCCNC(=O)c3ccc(O)c(O)c3)cc12. The summed E-state index contributed by atoms with van der Waals surface area (Å²) in [5.41, 5.74) is 0.205. The molecule has 0 saturated carbocycles. The summed E-state index contributed by atoms with van der Waals surface area (Å²) in [7, 11) is -9.13. The molecule has 8 N–H and O–H groups in total. The van der Waals surface area contributed by atoms with Gasteiger partial charge in [-0.05, 0) is 79.9 Å². The molecule has 0 saturated heterocycles. The molecule has 5 aromatic rings. The summed E-state index contributed by atoms with van der Waals surface area (Å²) in [6.07, 6.45) is -0.462. The maximum absolute atomic E-state index is 14.0. The molecule has 0 fully saturated rings. The van der Waals surface area contributed by atoms with Gasteiger partial charge in [0.2, 0.25) is 0 Å². The van der Waals surface area contributed by atoms with E-state index in [4.69, 9.17) is 19.3 Å². The van der Waals surface area contributed by atoms with Crippen LogP contribution < -0.4 is 29.4 Å². The molecule has 306 valence electrons. The highest BCUT2D eigenvalue weighted by atomic mass is 32.2. The Kier molecular flexibility index (Phi) is 13.7. The zero-order valence-corrected chi connectivity index (χ0v) is 32.9. The Balaban J connectivity index is 1.27. The Bertz CT molecular complexity index is 2560. The van der Waals surface area contributed by atoms with Crippen LogP contribution in [0.15, 0.2) is 70.9 Å². The minimum absolute atomic E-state index is 0.0589. The van der Waals surface area contributed by atoms with Gasteiger partial charge in [-0.25, -0.2) is 17.4 Å². The molecule has 5 rings (SSSR count). The van der Waals surface area contributed by atoms with Crippen LogP contribution in [-0.2, 0) is 14.6 Å². The summed E-state index contributed by atoms with van der Waals surface area (Å²) in [4.78, 5) is 35.3. The van der Waals surface area contributed by atoms with Crippen molar-refractivity contribution in [1.82, 2.24) is 15.4 Å². The number of benzene rings is 4. The number of nitrogens with zero attached hydrogens (tertiary/aromatic N) is 1. The molecule has 0 spiro atoms. The molecule has 0 aliphatic heterocycles. The number of ether oxygens (including phenoxy) is 2. The minimum atomic E-state index is -4.70. The number of amides is 2. The van der Waals surface area contributed by atoms with Crippen molar-refractivity contribution in [2.45, 2.75) is 24.0 Å². The van der Waals surface area contributed by atoms with Crippen LogP contribution in [0.1, 0.15) is 44.7 Å². The lowest BCUT2D eigenvalue weighted by molar-refractivity contribution is 0.0942. The van der Waals surface area contributed by atoms with Crippen LogP contribution in [0.4, 0.5) is 4.39 Å².